The summed E-state index contributed by atoms with van der Waals surface area (Å²) in [6.07, 6.45) is -3.96. The number of halogens is 4. The lowest BCUT2D eigenvalue weighted by atomic mass is 9.98. The molecule has 0 aliphatic heterocycles. The molecule has 0 N–H and O–H groups in total. The molecule has 0 heterocycles. The van der Waals surface area contributed by atoms with Gasteiger partial charge in [0.25, 0.3) is 0 Å². The van der Waals surface area contributed by atoms with E-state index < -0.39 is 17.9 Å². The fraction of sp³-hybridized carbons (Fsp3) is 0.120. The van der Waals surface area contributed by atoms with E-state index in [1.54, 1.807) is 0 Å². The van der Waals surface area contributed by atoms with E-state index in [2.05, 4.69) is 47.8 Å². The zero-order valence-electron chi connectivity index (χ0n) is 16.0. The average molecular weight is 408 g/mol. The maximum Gasteiger partial charge on any atom is 0.573 e. The minimum atomic E-state index is -4.94. The Kier molecular flexibility index (Phi) is 5.09. The van der Waals surface area contributed by atoms with Gasteiger partial charge in [-0.3, -0.25) is 0 Å². The smallest absolute Gasteiger partial charge is 0.403 e. The second-order valence-corrected chi connectivity index (χ2v) is 6.85. The van der Waals surface area contributed by atoms with Gasteiger partial charge in [-0.2, -0.15) is 0 Å². The molecular weight excluding hydrogens is 392 g/mol. The van der Waals surface area contributed by atoms with Crippen LogP contribution in [0.25, 0.3) is 21.5 Å². The van der Waals surface area contributed by atoms with Crippen LogP contribution in [-0.4, -0.2) is 6.36 Å². The first-order chi connectivity index (χ1) is 14.3. The first-order valence-corrected chi connectivity index (χ1v) is 9.35. The Morgan fingerprint density at radius 1 is 0.767 bits per heavy atom. The van der Waals surface area contributed by atoms with Crippen molar-refractivity contribution in [3.63, 3.8) is 0 Å². The van der Waals surface area contributed by atoms with Crippen molar-refractivity contribution in [2.45, 2.75) is 19.7 Å². The van der Waals surface area contributed by atoms with Crippen molar-refractivity contribution in [2.24, 2.45) is 0 Å². The number of benzene rings is 4. The highest BCUT2D eigenvalue weighted by molar-refractivity contribution is 6.07. The molecule has 0 aromatic heterocycles. The predicted octanol–water partition coefficient (Wildman–Crippen LogP) is 6.99. The summed E-state index contributed by atoms with van der Waals surface area (Å²) in [4.78, 5) is 0. The van der Waals surface area contributed by atoms with Crippen LogP contribution < -0.4 is 4.74 Å². The zero-order valence-corrected chi connectivity index (χ0v) is 16.0. The van der Waals surface area contributed by atoms with Gasteiger partial charge in [-0.15, -0.1) is 13.2 Å². The van der Waals surface area contributed by atoms with Gasteiger partial charge in [-0.1, -0.05) is 55.2 Å². The average Bonchev–Trinajstić information content (AvgIpc) is 2.72. The molecule has 0 bridgehead atoms. The molecule has 0 fully saturated rings. The van der Waals surface area contributed by atoms with E-state index in [4.69, 9.17) is 0 Å². The molecule has 0 saturated heterocycles. The Bertz CT molecular complexity index is 1310. The number of aryl methyl sites for hydroxylation is 1. The molecule has 30 heavy (non-hydrogen) atoms. The van der Waals surface area contributed by atoms with Gasteiger partial charge in [0.15, 0.2) is 11.6 Å². The van der Waals surface area contributed by atoms with Gasteiger partial charge in [0.1, 0.15) is 0 Å². The number of ether oxygens (including phenoxy) is 1. The van der Waals surface area contributed by atoms with Crippen molar-refractivity contribution < 1.29 is 22.3 Å². The third-order valence-corrected chi connectivity index (χ3v) is 4.82. The lowest BCUT2D eigenvalue weighted by molar-refractivity contribution is -0.275. The van der Waals surface area contributed by atoms with Crippen LogP contribution in [0.4, 0.5) is 17.6 Å². The maximum atomic E-state index is 13.8. The molecule has 0 radical (unpaired) electrons. The third kappa shape index (κ3) is 4.23. The lowest BCUT2D eigenvalue weighted by Crippen LogP contribution is -2.17. The highest BCUT2D eigenvalue weighted by Gasteiger charge is 2.32. The molecule has 1 nitrogen and oxygen atoms in total. The highest BCUT2D eigenvalue weighted by Crippen LogP contribution is 2.28. The second kappa shape index (κ2) is 7.72. The van der Waals surface area contributed by atoms with Crippen molar-refractivity contribution in [1.82, 2.24) is 0 Å². The van der Waals surface area contributed by atoms with Gasteiger partial charge in [0, 0.05) is 11.1 Å². The van der Waals surface area contributed by atoms with E-state index in [0.29, 0.717) is 0 Å². The molecule has 0 aliphatic carbocycles. The van der Waals surface area contributed by atoms with E-state index in [1.807, 2.05) is 24.3 Å². The van der Waals surface area contributed by atoms with E-state index >= 15 is 0 Å². The van der Waals surface area contributed by atoms with Crippen LogP contribution >= 0.6 is 0 Å². The van der Waals surface area contributed by atoms with E-state index in [0.717, 1.165) is 40.3 Å². The van der Waals surface area contributed by atoms with Gasteiger partial charge in [0.2, 0.25) is 0 Å². The Morgan fingerprint density at radius 2 is 1.37 bits per heavy atom. The summed E-state index contributed by atoms with van der Waals surface area (Å²) in [7, 11) is 0. The summed E-state index contributed by atoms with van der Waals surface area (Å²) in [5.74, 6) is 3.72. The highest BCUT2D eigenvalue weighted by atomic mass is 19.4. The fourth-order valence-electron chi connectivity index (χ4n) is 3.35. The summed E-state index contributed by atoms with van der Waals surface area (Å²) in [5.41, 5.74) is 2.26. The van der Waals surface area contributed by atoms with Gasteiger partial charge >= 0.3 is 6.36 Å². The Balaban J connectivity index is 1.64. The minimum Gasteiger partial charge on any atom is -0.403 e. The van der Waals surface area contributed by atoms with Crippen molar-refractivity contribution in [3.05, 3.63) is 89.2 Å². The molecular formula is C25H16F4O. The Morgan fingerprint density at radius 3 is 2.00 bits per heavy atom. The summed E-state index contributed by atoms with van der Waals surface area (Å²) < 4.78 is 54.2. The van der Waals surface area contributed by atoms with Crippen LogP contribution in [-0.2, 0) is 6.42 Å². The van der Waals surface area contributed by atoms with Crippen LogP contribution in [0.5, 0.6) is 5.75 Å². The normalized spacial score (nSPS) is 11.4. The van der Waals surface area contributed by atoms with E-state index in [9.17, 15) is 17.6 Å². The first-order valence-electron chi connectivity index (χ1n) is 9.35. The predicted molar refractivity (Wildman–Crippen MR) is 110 cm³/mol. The van der Waals surface area contributed by atoms with E-state index in [-0.39, 0.29) is 5.56 Å². The second-order valence-electron chi connectivity index (χ2n) is 6.85. The number of hydrogen-bond acceptors (Lipinski definition) is 1. The van der Waals surface area contributed by atoms with Crippen LogP contribution in [0.3, 0.4) is 0 Å². The number of fused-ring (bicyclic) bond motifs is 3. The summed E-state index contributed by atoms with van der Waals surface area (Å²) in [6.45, 7) is 2.12. The molecule has 0 spiro atoms. The molecule has 0 atom stereocenters. The molecule has 0 amide bonds. The van der Waals surface area contributed by atoms with Crippen molar-refractivity contribution in [1.29, 1.82) is 0 Å². The third-order valence-electron chi connectivity index (χ3n) is 4.82. The molecule has 4 rings (SSSR count). The molecule has 0 saturated carbocycles. The topological polar surface area (TPSA) is 9.23 Å². The standard InChI is InChI=1S/C25H16F4O/c1-2-16-5-10-21-19(13-16)8-9-20-14-17(6-11-22(20)21)3-4-18-7-12-24(23(26)15-18)30-25(27,28)29/h5-15H,2H2,1H3. The monoisotopic (exact) mass is 408 g/mol. The number of hydrogen-bond donors (Lipinski definition) is 0. The van der Waals surface area contributed by atoms with Crippen molar-refractivity contribution in [3.8, 4) is 17.6 Å². The first kappa shape index (κ1) is 19.8. The lowest BCUT2D eigenvalue weighted by Gasteiger charge is -2.09. The molecule has 0 aliphatic rings. The van der Waals surface area contributed by atoms with Crippen LogP contribution in [0.2, 0.25) is 0 Å². The summed E-state index contributed by atoms with van der Waals surface area (Å²) in [6, 6.07) is 19.5. The van der Waals surface area contributed by atoms with Gasteiger partial charge in [0.05, 0.1) is 0 Å². The number of alkyl halides is 3. The zero-order chi connectivity index (χ0) is 21.3. The van der Waals surface area contributed by atoms with Crippen LogP contribution in [0.1, 0.15) is 23.6 Å². The van der Waals surface area contributed by atoms with Gasteiger partial charge < -0.3 is 4.74 Å². The molecule has 150 valence electrons. The quantitative estimate of drug-likeness (QED) is 0.197. The Labute approximate surface area is 170 Å². The van der Waals surface area contributed by atoms with Gasteiger partial charge in [-0.05, 0) is 63.9 Å². The summed E-state index contributed by atoms with van der Waals surface area (Å²) in [5, 5.41) is 4.47. The number of rotatable bonds is 2. The van der Waals surface area contributed by atoms with E-state index in [1.165, 1.54) is 17.0 Å². The summed E-state index contributed by atoms with van der Waals surface area (Å²) >= 11 is 0. The van der Waals surface area contributed by atoms with Crippen LogP contribution in [0, 0.1) is 17.7 Å². The van der Waals surface area contributed by atoms with Crippen LogP contribution in [0.15, 0.2) is 66.7 Å². The fourth-order valence-corrected chi connectivity index (χ4v) is 3.35. The van der Waals surface area contributed by atoms with Gasteiger partial charge in [-0.25, -0.2) is 4.39 Å². The molecule has 0 unspecified atom stereocenters. The SMILES string of the molecule is CCc1ccc2c(ccc3cc(C#Cc4ccc(OC(F)(F)F)c(F)c4)ccc32)c1. The molecule has 4 aromatic rings. The van der Waals surface area contributed by atoms with Crippen molar-refractivity contribution in [2.75, 3.05) is 0 Å². The van der Waals surface area contributed by atoms with Crippen molar-refractivity contribution >= 4 is 21.5 Å². The largest absolute Gasteiger partial charge is 0.573 e. The molecule has 5 heteroatoms. The maximum absolute atomic E-state index is 13.8. The minimum absolute atomic E-state index is 0.257. The molecule has 4 aromatic carbocycles. The Hall–Kier alpha value is -3.52.